The zero-order chi connectivity index (χ0) is 18.3. The van der Waals surface area contributed by atoms with Crippen molar-refractivity contribution in [2.75, 3.05) is 10.5 Å². The quantitative estimate of drug-likeness (QED) is 0.735. The summed E-state index contributed by atoms with van der Waals surface area (Å²) in [5, 5.41) is 1.02. The van der Waals surface area contributed by atoms with Gasteiger partial charge in [-0.2, -0.15) is 0 Å². The molecule has 0 spiro atoms. The molecule has 1 aliphatic rings. The van der Waals surface area contributed by atoms with Crippen LogP contribution in [0.3, 0.4) is 0 Å². The van der Waals surface area contributed by atoms with Crippen LogP contribution in [0.15, 0.2) is 58.7 Å². The largest absolute Gasteiger partial charge is 0.325 e. The zero-order valence-electron chi connectivity index (χ0n) is 14.6. The van der Waals surface area contributed by atoms with Crippen LogP contribution in [0, 0.1) is 13.8 Å². The predicted octanol–water partition coefficient (Wildman–Crippen LogP) is 4.07. The Morgan fingerprint density at radius 2 is 2.00 bits per heavy atom. The average molecular weight is 386 g/mol. The fourth-order valence-electron chi connectivity index (χ4n) is 3.10. The fourth-order valence-corrected chi connectivity index (χ4v) is 5.32. The summed E-state index contributed by atoms with van der Waals surface area (Å²) in [6, 6.07) is 12.7. The molecule has 0 radical (unpaired) electrons. The topological polar surface area (TPSA) is 64.0 Å². The Balaban J connectivity index is 1.64. The molecule has 5 nitrogen and oxygen atoms in total. The van der Waals surface area contributed by atoms with Crippen LogP contribution in [0.4, 0.5) is 5.69 Å². The van der Waals surface area contributed by atoms with E-state index in [1.165, 1.54) is 0 Å². The van der Waals surface area contributed by atoms with Gasteiger partial charge >= 0.3 is 0 Å². The second-order valence-corrected chi connectivity index (χ2v) is 9.12. The number of fused-ring (bicyclic) bond motifs is 1. The number of aryl methyl sites for hydroxylation is 3. The van der Waals surface area contributed by atoms with E-state index >= 15 is 0 Å². The lowest BCUT2D eigenvalue weighted by atomic mass is 10.1. The molecule has 7 heteroatoms. The maximum Gasteiger partial charge on any atom is 0.262 e. The average Bonchev–Trinajstić information content (AvgIpc) is 3.15. The number of rotatable bonds is 4. The Morgan fingerprint density at radius 1 is 1.15 bits per heavy atom. The number of hydrogen-bond donors (Lipinski definition) is 1. The van der Waals surface area contributed by atoms with E-state index in [-0.39, 0.29) is 0 Å². The first kappa shape index (κ1) is 17.2. The van der Waals surface area contributed by atoms with Crippen molar-refractivity contribution in [2.24, 2.45) is 0 Å². The van der Waals surface area contributed by atoms with Gasteiger partial charge in [-0.25, -0.2) is 13.4 Å². The number of anilines is 1. The molecular formula is C19H19N3O2S2. The van der Waals surface area contributed by atoms with Crippen LogP contribution in [0.5, 0.6) is 0 Å². The van der Waals surface area contributed by atoms with Crippen molar-refractivity contribution in [1.82, 2.24) is 9.55 Å². The molecule has 2 heterocycles. The lowest BCUT2D eigenvalue weighted by Crippen LogP contribution is -2.14. The number of aromatic nitrogens is 2. The summed E-state index contributed by atoms with van der Waals surface area (Å²) in [7, 11) is -3.64. The number of imidazole rings is 1. The first-order valence-electron chi connectivity index (χ1n) is 8.33. The molecule has 1 aliphatic heterocycles. The van der Waals surface area contributed by atoms with Gasteiger partial charge in [0.05, 0.1) is 10.6 Å². The van der Waals surface area contributed by atoms with Gasteiger partial charge in [0.1, 0.15) is 0 Å². The molecule has 3 aromatic rings. The van der Waals surface area contributed by atoms with Gasteiger partial charge in [-0.05, 0) is 37.6 Å². The van der Waals surface area contributed by atoms with Crippen molar-refractivity contribution in [3.63, 3.8) is 0 Å². The highest BCUT2D eigenvalue weighted by molar-refractivity contribution is 7.99. The summed E-state index contributed by atoms with van der Waals surface area (Å²) in [5.74, 6) is 1.05. The third-order valence-electron chi connectivity index (χ3n) is 4.33. The molecule has 0 bridgehead atoms. The summed E-state index contributed by atoms with van der Waals surface area (Å²) in [6.45, 7) is 4.72. The van der Waals surface area contributed by atoms with Crippen LogP contribution in [-0.4, -0.2) is 23.7 Å². The lowest BCUT2D eigenvalue weighted by Gasteiger charge is -2.11. The molecule has 0 amide bonds. The number of sulfonamides is 1. The summed E-state index contributed by atoms with van der Waals surface area (Å²) < 4.78 is 30.3. The monoisotopic (exact) mass is 385 g/mol. The van der Waals surface area contributed by atoms with Crippen LogP contribution < -0.4 is 4.72 Å². The van der Waals surface area contributed by atoms with Gasteiger partial charge in [0, 0.05) is 29.7 Å². The van der Waals surface area contributed by atoms with E-state index in [1.807, 2.05) is 50.4 Å². The molecule has 1 N–H and O–H groups in total. The van der Waals surface area contributed by atoms with Crippen molar-refractivity contribution in [3.05, 3.63) is 59.8 Å². The molecular weight excluding hydrogens is 366 g/mol. The number of benzene rings is 2. The molecule has 134 valence electrons. The van der Waals surface area contributed by atoms with Crippen LogP contribution in [-0.2, 0) is 16.6 Å². The lowest BCUT2D eigenvalue weighted by molar-refractivity contribution is 0.600. The molecule has 26 heavy (non-hydrogen) atoms. The third-order valence-corrected chi connectivity index (χ3v) is 6.85. The summed E-state index contributed by atoms with van der Waals surface area (Å²) >= 11 is 1.74. The Labute approximate surface area is 157 Å². The van der Waals surface area contributed by atoms with Crippen molar-refractivity contribution in [1.29, 1.82) is 0 Å². The maximum absolute atomic E-state index is 12.8. The van der Waals surface area contributed by atoms with Gasteiger partial charge in [-0.3, -0.25) is 4.72 Å². The van der Waals surface area contributed by atoms with E-state index in [4.69, 9.17) is 0 Å². The smallest absolute Gasteiger partial charge is 0.262 e. The van der Waals surface area contributed by atoms with Crippen molar-refractivity contribution < 1.29 is 8.42 Å². The van der Waals surface area contributed by atoms with Crippen LogP contribution in [0.1, 0.15) is 11.1 Å². The van der Waals surface area contributed by atoms with Crippen molar-refractivity contribution >= 4 is 27.5 Å². The highest BCUT2D eigenvalue weighted by Crippen LogP contribution is 2.30. The van der Waals surface area contributed by atoms with Gasteiger partial charge in [-0.1, -0.05) is 41.6 Å². The third kappa shape index (κ3) is 3.24. The molecule has 0 fully saturated rings. The molecule has 0 saturated carbocycles. The first-order valence-corrected chi connectivity index (χ1v) is 10.8. The minimum absolute atomic E-state index is 0.297. The van der Waals surface area contributed by atoms with E-state index < -0.39 is 10.0 Å². The SMILES string of the molecule is Cc1ccc(S(=O)(=O)Nc2cccc(-c3cn4c(n3)SCC4)c2)c(C)c1. The Bertz CT molecular complexity index is 1070. The number of nitrogens with zero attached hydrogens (tertiary/aromatic N) is 2. The highest BCUT2D eigenvalue weighted by atomic mass is 32.2. The van der Waals surface area contributed by atoms with Gasteiger partial charge in [0.2, 0.25) is 0 Å². The molecule has 0 aliphatic carbocycles. The van der Waals surface area contributed by atoms with Crippen molar-refractivity contribution in [3.8, 4) is 11.3 Å². The van der Waals surface area contributed by atoms with E-state index in [0.717, 1.165) is 39.8 Å². The van der Waals surface area contributed by atoms with Crippen LogP contribution >= 0.6 is 11.8 Å². The van der Waals surface area contributed by atoms with Crippen LogP contribution in [0.25, 0.3) is 11.3 Å². The van der Waals surface area contributed by atoms with Gasteiger partial charge in [0.25, 0.3) is 10.0 Å². The number of thioether (sulfide) groups is 1. The van der Waals surface area contributed by atoms with E-state index in [0.29, 0.717) is 10.6 Å². The Morgan fingerprint density at radius 3 is 2.77 bits per heavy atom. The normalized spacial score (nSPS) is 13.6. The summed E-state index contributed by atoms with van der Waals surface area (Å²) in [6.07, 6.45) is 2.02. The van der Waals surface area contributed by atoms with Gasteiger partial charge < -0.3 is 4.57 Å². The summed E-state index contributed by atoms with van der Waals surface area (Å²) in [5.41, 5.74) is 4.06. The number of hydrogen-bond acceptors (Lipinski definition) is 4. The highest BCUT2D eigenvalue weighted by Gasteiger charge is 2.18. The molecule has 0 saturated heterocycles. The zero-order valence-corrected chi connectivity index (χ0v) is 16.2. The van der Waals surface area contributed by atoms with E-state index in [1.54, 1.807) is 23.9 Å². The standard InChI is InChI=1S/C19H19N3O2S2/c1-13-6-7-18(14(2)10-13)26(23,24)21-16-5-3-4-15(11-16)17-12-22-8-9-25-19(22)20-17/h3-7,10-12,21H,8-9H2,1-2H3. The van der Waals surface area contributed by atoms with Crippen LogP contribution in [0.2, 0.25) is 0 Å². The predicted molar refractivity (Wildman–Crippen MR) is 105 cm³/mol. The molecule has 1 aromatic heterocycles. The van der Waals surface area contributed by atoms with Gasteiger partial charge in [-0.15, -0.1) is 0 Å². The molecule has 0 atom stereocenters. The fraction of sp³-hybridized carbons (Fsp3) is 0.211. The van der Waals surface area contributed by atoms with Gasteiger partial charge in [0.15, 0.2) is 5.16 Å². The van der Waals surface area contributed by atoms with Crippen molar-refractivity contribution in [2.45, 2.75) is 30.4 Å². The molecule has 0 unspecified atom stereocenters. The minimum atomic E-state index is -3.64. The second-order valence-electron chi connectivity index (χ2n) is 6.41. The second kappa shape index (κ2) is 6.48. The first-order chi connectivity index (χ1) is 12.4. The Hall–Kier alpha value is -2.25. The molecule has 4 rings (SSSR count). The summed E-state index contributed by atoms with van der Waals surface area (Å²) in [4.78, 5) is 4.93. The minimum Gasteiger partial charge on any atom is -0.325 e. The number of nitrogens with one attached hydrogen (secondary N) is 1. The Kier molecular flexibility index (Phi) is 4.28. The maximum atomic E-state index is 12.8. The molecule has 2 aromatic carbocycles. The van der Waals surface area contributed by atoms with E-state index in [2.05, 4.69) is 14.3 Å². The van der Waals surface area contributed by atoms with E-state index in [9.17, 15) is 8.42 Å².